The molecule has 1 fully saturated rings. The van der Waals surface area contributed by atoms with Crippen LogP contribution in [0.2, 0.25) is 0 Å². The van der Waals surface area contributed by atoms with E-state index < -0.39 is 0 Å². The summed E-state index contributed by atoms with van der Waals surface area (Å²) in [5.74, 6) is 0.702. The van der Waals surface area contributed by atoms with Crippen molar-refractivity contribution < 1.29 is 0 Å². The zero-order chi connectivity index (χ0) is 11.5. The van der Waals surface area contributed by atoms with Crippen molar-refractivity contribution in [1.82, 2.24) is 5.32 Å². The van der Waals surface area contributed by atoms with E-state index >= 15 is 0 Å². The van der Waals surface area contributed by atoms with Crippen LogP contribution in [-0.4, -0.2) is 25.7 Å². The number of hydrogen-bond acceptors (Lipinski definition) is 2. The minimum Gasteiger partial charge on any atom is -0.369 e. The molecule has 1 aromatic rings. The van der Waals surface area contributed by atoms with Gasteiger partial charge in [0.2, 0.25) is 0 Å². The van der Waals surface area contributed by atoms with Crippen LogP contribution in [-0.2, 0) is 0 Å². The lowest BCUT2D eigenvalue weighted by atomic mass is 10.0. The summed E-state index contributed by atoms with van der Waals surface area (Å²) < 4.78 is 0. The molecule has 0 aliphatic carbocycles. The fraction of sp³-hybridized carbons (Fsp3) is 0.571. The Hall–Kier alpha value is -1.02. The number of anilines is 1. The molecule has 1 aliphatic rings. The van der Waals surface area contributed by atoms with Gasteiger partial charge < -0.3 is 10.2 Å². The molecule has 1 N–H and O–H groups in total. The van der Waals surface area contributed by atoms with Gasteiger partial charge in [0.25, 0.3) is 0 Å². The molecule has 1 aromatic carbocycles. The second-order valence-electron chi connectivity index (χ2n) is 5.09. The Morgan fingerprint density at radius 3 is 2.56 bits per heavy atom. The molecule has 0 radical (unpaired) electrons. The molecule has 0 aromatic heterocycles. The van der Waals surface area contributed by atoms with E-state index in [2.05, 4.69) is 55.3 Å². The predicted octanol–water partition coefficient (Wildman–Crippen LogP) is 2.43. The maximum Gasteiger partial charge on any atom is 0.0367 e. The highest BCUT2D eigenvalue weighted by atomic mass is 15.2. The van der Waals surface area contributed by atoms with Crippen molar-refractivity contribution in [3.63, 3.8) is 0 Å². The lowest BCUT2D eigenvalue weighted by Crippen LogP contribution is -2.52. The lowest BCUT2D eigenvalue weighted by molar-refractivity contribution is 0.368. The Morgan fingerprint density at radius 2 is 1.94 bits per heavy atom. The van der Waals surface area contributed by atoms with Crippen molar-refractivity contribution in [2.75, 3.05) is 24.5 Å². The second kappa shape index (κ2) is 4.88. The topological polar surface area (TPSA) is 15.3 Å². The van der Waals surface area contributed by atoms with Gasteiger partial charge in [-0.3, -0.25) is 0 Å². The van der Waals surface area contributed by atoms with Crippen LogP contribution >= 0.6 is 0 Å². The number of aryl methyl sites for hydroxylation is 1. The number of hydrogen-bond donors (Lipinski definition) is 1. The molecule has 1 atom stereocenters. The van der Waals surface area contributed by atoms with Crippen LogP contribution < -0.4 is 10.2 Å². The highest BCUT2D eigenvalue weighted by Crippen LogP contribution is 2.18. The molecule has 1 saturated heterocycles. The Balaban J connectivity index is 2.06. The fourth-order valence-electron chi connectivity index (χ4n) is 2.21. The molecular weight excluding hydrogens is 196 g/mol. The van der Waals surface area contributed by atoms with Gasteiger partial charge in [-0.25, -0.2) is 0 Å². The number of rotatable bonds is 2. The molecule has 0 spiro atoms. The van der Waals surface area contributed by atoms with Crippen molar-refractivity contribution in [3.05, 3.63) is 29.8 Å². The second-order valence-corrected chi connectivity index (χ2v) is 5.09. The standard InChI is InChI=1S/C14H22N2/c1-11(2)14-10-16(9-8-15-14)13-6-4-12(3)5-7-13/h4-7,11,14-15H,8-10H2,1-3H3. The average Bonchev–Trinajstić information content (AvgIpc) is 2.30. The largest absolute Gasteiger partial charge is 0.369 e. The van der Waals surface area contributed by atoms with Gasteiger partial charge >= 0.3 is 0 Å². The van der Waals surface area contributed by atoms with Crippen LogP contribution in [0.15, 0.2) is 24.3 Å². The Labute approximate surface area is 98.7 Å². The third-order valence-electron chi connectivity index (χ3n) is 3.41. The molecule has 1 heterocycles. The summed E-state index contributed by atoms with van der Waals surface area (Å²) in [5.41, 5.74) is 2.69. The quantitative estimate of drug-likeness (QED) is 0.820. The van der Waals surface area contributed by atoms with Crippen LogP contribution in [0, 0.1) is 12.8 Å². The third-order valence-corrected chi connectivity index (χ3v) is 3.41. The molecule has 0 saturated carbocycles. The smallest absolute Gasteiger partial charge is 0.0367 e. The Morgan fingerprint density at radius 1 is 1.25 bits per heavy atom. The molecule has 88 valence electrons. The van der Waals surface area contributed by atoms with Gasteiger partial charge in [-0.15, -0.1) is 0 Å². The summed E-state index contributed by atoms with van der Waals surface area (Å²) in [6, 6.07) is 9.48. The van der Waals surface area contributed by atoms with Gasteiger partial charge in [0, 0.05) is 31.4 Å². The molecular formula is C14H22N2. The van der Waals surface area contributed by atoms with Crippen LogP contribution in [0.3, 0.4) is 0 Å². The van der Waals surface area contributed by atoms with Gasteiger partial charge in [-0.05, 0) is 25.0 Å². The first-order chi connectivity index (χ1) is 7.66. The zero-order valence-corrected chi connectivity index (χ0v) is 10.5. The number of benzene rings is 1. The first-order valence-electron chi connectivity index (χ1n) is 6.22. The summed E-state index contributed by atoms with van der Waals surface area (Å²) in [6.07, 6.45) is 0. The molecule has 2 heteroatoms. The summed E-state index contributed by atoms with van der Waals surface area (Å²) >= 11 is 0. The maximum atomic E-state index is 3.59. The third kappa shape index (κ3) is 2.56. The van der Waals surface area contributed by atoms with Gasteiger partial charge in [0.1, 0.15) is 0 Å². The van der Waals surface area contributed by atoms with E-state index in [-0.39, 0.29) is 0 Å². The monoisotopic (exact) mass is 218 g/mol. The zero-order valence-electron chi connectivity index (χ0n) is 10.5. The number of piperazine rings is 1. The first-order valence-corrected chi connectivity index (χ1v) is 6.22. The van der Waals surface area contributed by atoms with Crippen molar-refractivity contribution in [1.29, 1.82) is 0 Å². The molecule has 1 aliphatic heterocycles. The average molecular weight is 218 g/mol. The molecule has 0 amide bonds. The van der Waals surface area contributed by atoms with E-state index in [0.29, 0.717) is 12.0 Å². The van der Waals surface area contributed by atoms with Gasteiger partial charge in [0.15, 0.2) is 0 Å². The van der Waals surface area contributed by atoms with Crippen LogP contribution in [0.5, 0.6) is 0 Å². The van der Waals surface area contributed by atoms with Crippen molar-refractivity contribution in [3.8, 4) is 0 Å². The Kier molecular flexibility index (Phi) is 3.49. The molecule has 2 nitrogen and oxygen atoms in total. The Bertz CT molecular complexity index is 329. The molecule has 0 bridgehead atoms. The van der Waals surface area contributed by atoms with Crippen LogP contribution in [0.4, 0.5) is 5.69 Å². The first kappa shape index (κ1) is 11.5. The van der Waals surface area contributed by atoms with Crippen molar-refractivity contribution >= 4 is 5.69 Å². The fourth-order valence-corrected chi connectivity index (χ4v) is 2.21. The highest BCUT2D eigenvalue weighted by molar-refractivity contribution is 5.48. The van der Waals surface area contributed by atoms with Gasteiger partial charge in [-0.1, -0.05) is 31.5 Å². The van der Waals surface area contributed by atoms with E-state index in [1.165, 1.54) is 11.3 Å². The number of nitrogens with zero attached hydrogens (tertiary/aromatic N) is 1. The summed E-state index contributed by atoms with van der Waals surface area (Å²) in [5, 5.41) is 3.59. The minimum atomic E-state index is 0.620. The number of nitrogens with one attached hydrogen (secondary N) is 1. The maximum absolute atomic E-state index is 3.59. The molecule has 16 heavy (non-hydrogen) atoms. The van der Waals surface area contributed by atoms with Crippen LogP contribution in [0.25, 0.3) is 0 Å². The van der Waals surface area contributed by atoms with E-state index in [1.54, 1.807) is 0 Å². The SMILES string of the molecule is Cc1ccc(N2CCNC(C(C)C)C2)cc1. The molecule has 2 rings (SSSR count). The lowest BCUT2D eigenvalue weighted by Gasteiger charge is -2.37. The normalized spacial score (nSPS) is 21.5. The van der Waals surface area contributed by atoms with Gasteiger partial charge in [0.05, 0.1) is 0 Å². The highest BCUT2D eigenvalue weighted by Gasteiger charge is 2.21. The molecule has 1 unspecified atom stereocenters. The van der Waals surface area contributed by atoms with Gasteiger partial charge in [-0.2, -0.15) is 0 Å². The summed E-state index contributed by atoms with van der Waals surface area (Å²) in [6.45, 7) is 10.1. The minimum absolute atomic E-state index is 0.620. The van der Waals surface area contributed by atoms with Crippen molar-refractivity contribution in [2.45, 2.75) is 26.8 Å². The van der Waals surface area contributed by atoms with E-state index in [0.717, 1.165) is 19.6 Å². The van der Waals surface area contributed by atoms with E-state index in [4.69, 9.17) is 0 Å². The van der Waals surface area contributed by atoms with Crippen LogP contribution in [0.1, 0.15) is 19.4 Å². The van der Waals surface area contributed by atoms with Crippen molar-refractivity contribution in [2.24, 2.45) is 5.92 Å². The predicted molar refractivity (Wildman–Crippen MR) is 70.0 cm³/mol. The van der Waals surface area contributed by atoms with E-state index in [9.17, 15) is 0 Å². The van der Waals surface area contributed by atoms with E-state index in [1.807, 2.05) is 0 Å². The summed E-state index contributed by atoms with van der Waals surface area (Å²) in [7, 11) is 0. The summed E-state index contributed by atoms with van der Waals surface area (Å²) in [4.78, 5) is 2.49.